The van der Waals surface area contributed by atoms with E-state index in [2.05, 4.69) is 0 Å². The predicted molar refractivity (Wildman–Crippen MR) is 83.7 cm³/mol. The molecule has 2 aromatic rings. The van der Waals surface area contributed by atoms with Crippen LogP contribution in [-0.2, 0) is 0 Å². The maximum absolute atomic E-state index is 11.2. The molecule has 0 unspecified atom stereocenters. The predicted octanol–water partition coefficient (Wildman–Crippen LogP) is 2.12. The second kappa shape index (κ2) is 7.73. The van der Waals surface area contributed by atoms with Crippen molar-refractivity contribution >= 4 is 24.5 Å². The second-order valence-corrected chi connectivity index (χ2v) is 4.76. The topological polar surface area (TPSA) is 127 Å². The maximum Gasteiger partial charge on any atom is 0.339 e. The van der Waals surface area contributed by atoms with E-state index in [1.807, 2.05) is 0 Å². The first-order valence-electron chi connectivity index (χ1n) is 6.87. The molecule has 0 aliphatic rings. The fraction of sp³-hybridized carbons (Fsp3) is 0.0588. The Morgan fingerprint density at radius 3 is 1.52 bits per heavy atom. The Bertz CT molecular complexity index is 771. The van der Waals surface area contributed by atoms with Gasteiger partial charge in [-0.05, 0) is 36.4 Å². The third kappa shape index (κ3) is 4.20. The minimum absolute atomic E-state index is 0.0421. The zero-order valence-electron chi connectivity index (χ0n) is 12.7. The van der Waals surface area contributed by atoms with Gasteiger partial charge in [-0.1, -0.05) is 0 Å². The Hall–Kier alpha value is -3.68. The van der Waals surface area contributed by atoms with Crippen LogP contribution in [0.4, 0.5) is 0 Å². The van der Waals surface area contributed by atoms with Gasteiger partial charge in [0.15, 0.2) is 0 Å². The minimum Gasteiger partial charge on any atom is -0.478 e. The summed E-state index contributed by atoms with van der Waals surface area (Å²) in [7, 11) is 0. The Morgan fingerprint density at radius 2 is 1.20 bits per heavy atom. The fourth-order valence-electron chi connectivity index (χ4n) is 1.98. The van der Waals surface area contributed by atoms with E-state index in [0.717, 1.165) is 12.1 Å². The van der Waals surface area contributed by atoms with Gasteiger partial charge in [-0.25, -0.2) is 9.59 Å². The van der Waals surface area contributed by atoms with Crippen LogP contribution >= 0.6 is 0 Å². The second-order valence-electron chi connectivity index (χ2n) is 4.76. The number of hydrogen-bond donors (Lipinski definition) is 2. The highest BCUT2D eigenvalue weighted by molar-refractivity contribution is 5.94. The van der Waals surface area contributed by atoms with Crippen molar-refractivity contribution in [2.75, 3.05) is 6.79 Å². The molecule has 0 aliphatic heterocycles. The van der Waals surface area contributed by atoms with Gasteiger partial charge >= 0.3 is 11.9 Å². The van der Waals surface area contributed by atoms with Crippen molar-refractivity contribution in [1.29, 1.82) is 0 Å². The molecule has 2 N–H and O–H groups in total. The highest BCUT2D eigenvalue weighted by Gasteiger charge is 2.15. The molecule has 0 spiro atoms. The van der Waals surface area contributed by atoms with Crippen LogP contribution in [0.15, 0.2) is 36.4 Å². The standard InChI is InChI=1S/C17H12O8/c18-7-10-1-3-14(12(5-10)16(20)21)24-9-25-15-4-2-11(8-19)6-13(15)17(22)23/h1-8H,9H2,(H,20,21)(H,22,23). The van der Waals surface area contributed by atoms with E-state index in [9.17, 15) is 19.2 Å². The SMILES string of the molecule is O=Cc1ccc(OCOc2ccc(C=O)cc2C(=O)O)c(C(=O)O)c1. The molecular weight excluding hydrogens is 332 g/mol. The first-order valence-corrected chi connectivity index (χ1v) is 6.87. The summed E-state index contributed by atoms with van der Waals surface area (Å²) in [4.78, 5) is 43.8. The van der Waals surface area contributed by atoms with Crippen LogP contribution in [0.5, 0.6) is 11.5 Å². The van der Waals surface area contributed by atoms with Crippen LogP contribution in [0.2, 0.25) is 0 Å². The summed E-state index contributed by atoms with van der Waals surface area (Å²) in [6.07, 6.45) is 1.00. The van der Waals surface area contributed by atoms with E-state index in [0.29, 0.717) is 12.6 Å². The van der Waals surface area contributed by atoms with Crippen molar-refractivity contribution in [3.63, 3.8) is 0 Å². The molecule has 0 bridgehead atoms. The number of aromatic carboxylic acids is 2. The number of carboxylic acid groups (broad SMARTS) is 2. The van der Waals surface area contributed by atoms with Crippen LogP contribution in [0.1, 0.15) is 41.4 Å². The van der Waals surface area contributed by atoms with E-state index in [4.69, 9.17) is 19.7 Å². The minimum atomic E-state index is -1.29. The highest BCUT2D eigenvalue weighted by Crippen LogP contribution is 2.22. The van der Waals surface area contributed by atoms with E-state index in [-0.39, 0.29) is 33.8 Å². The van der Waals surface area contributed by atoms with Crippen molar-refractivity contribution in [1.82, 2.24) is 0 Å². The average Bonchev–Trinajstić information content (AvgIpc) is 2.61. The van der Waals surface area contributed by atoms with E-state index in [1.165, 1.54) is 24.3 Å². The van der Waals surface area contributed by atoms with Crippen molar-refractivity contribution in [3.8, 4) is 11.5 Å². The molecule has 0 aromatic heterocycles. The summed E-state index contributed by atoms with van der Waals surface area (Å²) < 4.78 is 10.4. The van der Waals surface area contributed by atoms with E-state index in [1.54, 1.807) is 0 Å². The summed E-state index contributed by atoms with van der Waals surface area (Å²) >= 11 is 0. The van der Waals surface area contributed by atoms with Crippen LogP contribution < -0.4 is 9.47 Å². The third-order valence-corrected chi connectivity index (χ3v) is 3.17. The zero-order valence-corrected chi connectivity index (χ0v) is 12.7. The average molecular weight is 344 g/mol. The molecule has 0 saturated heterocycles. The first-order chi connectivity index (χ1) is 12.0. The number of carbonyl (C=O) groups is 4. The third-order valence-electron chi connectivity index (χ3n) is 3.17. The fourth-order valence-corrected chi connectivity index (χ4v) is 1.98. The van der Waals surface area contributed by atoms with Gasteiger partial charge in [-0.3, -0.25) is 9.59 Å². The van der Waals surface area contributed by atoms with Gasteiger partial charge in [-0.15, -0.1) is 0 Å². The lowest BCUT2D eigenvalue weighted by molar-refractivity contribution is 0.0680. The Morgan fingerprint density at radius 1 is 0.800 bits per heavy atom. The van der Waals surface area contributed by atoms with E-state index >= 15 is 0 Å². The number of carbonyl (C=O) groups excluding carboxylic acids is 2. The molecule has 0 aliphatic carbocycles. The smallest absolute Gasteiger partial charge is 0.339 e. The number of rotatable bonds is 8. The summed E-state index contributed by atoms with van der Waals surface area (Å²) in [5.41, 5.74) is -0.127. The van der Waals surface area contributed by atoms with Crippen LogP contribution in [0.3, 0.4) is 0 Å². The van der Waals surface area contributed by atoms with Gasteiger partial charge in [0.1, 0.15) is 35.2 Å². The Balaban J connectivity index is 2.16. The Kier molecular flexibility index (Phi) is 5.47. The molecule has 0 saturated carbocycles. The molecule has 0 heterocycles. The van der Waals surface area contributed by atoms with Crippen molar-refractivity contribution < 1.29 is 38.9 Å². The largest absolute Gasteiger partial charge is 0.478 e. The Labute approximate surface area is 141 Å². The number of carboxylic acids is 2. The van der Waals surface area contributed by atoms with Crippen molar-refractivity contribution in [2.45, 2.75) is 0 Å². The van der Waals surface area contributed by atoms with E-state index < -0.39 is 18.7 Å². The zero-order chi connectivity index (χ0) is 18.4. The summed E-state index contributed by atoms with van der Waals surface area (Å²) in [5, 5.41) is 18.3. The lowest BCUT2D eigenvalue weighted by Crippen LogP contribution is -2.12. The summed E-state index contributed by atoms with van der Waals surface area (Å²) in [6, 6.07) is 7.62. The van der Waals surface area contributed by atoms with Gasteiger partial charge < -0.3 is 19.7 Å². The first kappa shape index (κ1) is 17.7. The van der Waals surface area contributed by atoms with Crippen LogP contribution in [-0.4, -0.2) is 41.5 Å². The molecule has 2 aromatic carbocycles. The van der Waals surface area contributed by atoms with Crippen LogP contribution in [0.25, 0.3) is 0 Å². The molecule has 0 radical (unpaired) electrons. The normalized spacial score (nSPS) is 9.92. The maximum atomic E-state index is 11.2. The molecule has 8 heteroatoms. The lowest BCUT2D eigenvalue weighted by atomic mass is 10.1. The molecule has 128 valence electrons. The number of aldehydes is 2. The molecule has 0 fully saturated rings. The number of ether oxygens (including phenoxy) is 2. The van der Waals surface area contributed by atoms with Crippen molar-refractivity contribution in [3.05, 3.63) is 58.7 Å². The van der Waals surface area contributed by atoms with Gasteiger partial charge in [0, 0.05) is 11.1 Å². The lowest BCUT2D eigenvalue weighted by Gasteiger charge is -2.12. The summed E-state index contributed by atoms with van der Waals surface area (Å²) in [5.74, 6) is -2.67. The highest BCUT2D eigenvalue weighted by atomic mass is 16.7. The van der Waals surface area contributed by atoms with Gasteiger partial charge in [0.2, 0.25) is 6.79 Å². The molecule has 25 heavy (non-hydrogen) atoms. The number of hydrogen-bond acceptors (Lipinski definition) is 6. The van der Waals surface area contributed by atoms with Gasteiger partial charge in [-0.2, -0.15) is 0 Å². The molecule has 0 atom stereocenters. The molecule has 2 rings (SSSR count). The monoisotopic (exact) mass is 344 g/mol. The van der Waals surface area contributed by atoms with Gasteiger partial charge in [0.25, 0.3) is 0 Å². The number of benzene rings is 2. The molecular formula is C17H12O8. The van der Waals surface area contributed by atoms with Gasteiger partial charge in [0.05, 0.1) is 0 Å². The quantitative estimate of drug-likeness (QED) is 0.550. The van der Waals surface area contributed by atoms with Crippen LogP contribution in [0, 0.1) is 0 Å². The molecule has 8 nitrogen and oxygen atoms in total. The molecule has 0 amide bonds. The summed E-state index contributed by atoms with van der Waals surface area (Å²) in [6.45, 7) is -0.471. The van der Waals surface area contributed by atoms with Crippen molar-refractivity contribution in [2.24, 2.45) is 0 Å².